The van der Waals surface area contributed by atoms with Gasteiger partial charge in [-0.25, -0.2) is 4.79 Å². The Morgan fingerprint density at radius 2 is 1.76 bits per heavy atom. The van der Waals surface area contributed by atoms with Crippen molar-refractivity contribution in [3.8, 4) is 17.2 Å². The van der Waals surface area contributed by atoms with E-state index in [9.17, 15) is 14.7 Å². The number of anilines is 1. The monoisotopic (exact) mass is 453 g/mol. The van der Waals surface area contributed by atoms with Crippen LogP contribution in [0.2, 0.25) is 0 Å². The van der Waals surface area contributed by atoms with Crippen LogP contribution in [-0.2, 0) is 9.53 Å². The fourth-order valence-electron chi connectivity index (χ4n) is 3.98. The zero-order valence-corrected chi connectivity index (χ0v) is 18.9. The standard InChI is InChI=1S/C26H31NO6/c1-2-31-26(30)19-10-13-23(24(28)14-19)27-25(29)18-8-11-20(12-9-18)33-22-5-3-4-21(15-22)32-16-17-6-7-17/h3-5,10,13-15,17-18,20,28H,2,6-9,11-12,16H2,1H3,(H,27,29). The summed E-state index contributed by atoms with van der Waals surface area (Å²) in [4.78, 5) is 24.5. The van der Waals surface area contributed by atoms with Crippen molar-refractivity contribution in [2.75, 3.05) is 18.5 Å². The van der Waals surface area contributed by atoms with Crippen molar-refractivity contribution in [1.82, 2.24) is 0 Å². The number of phenolic OH excluding ortho intramolecular Hbond substituents is 1. The van der Waals surface area contributed by atoms with Gasteiger partial charge in [-0.05, 0) is 81.7 Å². The number of aromatic hydroxyl groups is 1. The van der Waals surface area contributed by atoms with E-state index in [2.05, 4.69) is 5.32 Å². The molecule has 2 aromatic carbocycles. The summed E-state index contributed by atoms with van der Waals surface area (Å²) in [6.07, 6.45) is 5.53. The molecule has 2 fully saturated rings. The first kappa shape index (κ1) is 23.0. The number of ether oxygens (including phenoxy) is 3. The van der Waals surface area contributed by atoms with Gasteiger partial charge in [0, 0.05) is 12.0 Å². The summed E-state index contributed by atoms with van der Waals surface area (Å²) in [5.74, 6) is 1.38. The first-order valence-corrected chi connectivity index (χ1v) is 11.7. The van der Waals surface area contributed by atoms with Gasteiger partial charge in [-0.3, -0.25) is 4.79 Å². The van der Waals surface area contributed by atoms with Gasteiger partial charge < -0.3 is 24.6 Å². The molecule has 0 saturated heterocycles. The number of nitrogens with one attached hydrogen (secondary N) is 1. The van der Waals surface area contributed by atoms with E-state index in [1.54, 1.807) is 6.92 Å². The van der Waals surface area contributed by atoms with Crippen molar-refractivity contribution in [2.24, 2.45) is 11.8 Å². The Morgan fingerprint density at radius 3 is 2.45 bits per heavy atom. The molecular weight excluding hydrogens is 422 g/mol. The number of benzene rings is 2. The summed E-state index contributed by atoms with van der Waals surface area (Å²) < 4.78 is 16.9. The van der Waals surface area contributed by atoms with E-state index in [0.29, 0.717) is 18.8 Å². The molecule has 0 unspecified atom stereocenters. The number of carbonyl (C=O) groups is 2. The molecule has 7 nitrogen and oxygen atoms in total. The van der Waals surface area contributed by atoms with Crippen LogP contribution < -0.4 is 14.8 Å². The zero-order chi connectivity index (χ0) is 23.2. The van der Waals surface area contributed by atoms with Gasteiger partial charge in [0.15, 0.2) is 0 Å². The van der Waals surface area contributed by atoms with Crippen molar-refractivity contribution in [3.63, 3.8) is 0 Å². The number of carbonyl (C=O) groups excluding carboxylic acids is 2. The number of esters is 1. The highest BCUT2D eigenvalue weighted by atomic mass is 16.5. The molecule has 33 heavy (non-hydrogen) atoms. The van der Waals surface area contributed by atoms with Crippen molar-refractivity contribution in [3.05, 3.63) is 48.0 Å². The minimum Gasteiger partial charge on any atom is -0.506 e. The lowest BCUT2D eigenvalue weighted by molar-refractivity contribution is -0.121. The van der Waals surface area contributed by atoms with Crippen LogP contribution in [0.3, 0.4) is 0 Å². The third-order valence-electron chi connectivity index (χ3n) is 6.10. The third-order valence-corrected chi connectivity index (χ3v) is 6.10. The molecule has 0 radical (unpaired) electrons. The summed E-state index contributed by atoms with van der Waals surface area (Å²) in [6, 6.07) is 12.1. The first-order valence-electron chi connectivity index (χ1n) is 11.7. The molecule has 4 rings (SSSR count). The maximum absolute atomic E-state index is 12.7. The molecule has 2 aliphatic carbocycles. The number of amides is 1. The average molecular weight is 454 g/mol. The van der Waals surface area contributed by atoms with Gasteiger partial charge >= 0.3 is 5.97 Å². The van der Waals surface area contributed by atoms with Gasteiger partial charge in [-0.15, -0.1) is 0 Å². The predicted molar refractivity (Wildman–Crippen MR) is 124 cm³/mol. The van der Waals surface area contributed by atoms with Crippen LogP contribution in [0.5, 0.6) is 17.2 Å². The molecule has 2 aromatic rings. The van der Waals surface area contributed by atoms with Crippen molar-refractivity contribution < 1.29 is 28.9 Å². The smallest absolute Gasteiger partial charge is 0.338 e. The molecule has 7 heteroatoms. The Kier molecular flexibility index (Phi) is 7.37. The maximum Gasteiger partial charge on any atom is 0.338 e. The molecule has 176 valence electrons. The van der Waals surface area contributed by atoms with Gasteiger partial charge in [0.25, 0.3) is 0 Å². The molecule has 2 N–H and O–H groups in total. The Hall–Kier alpha value is -3.22. The molecule has 0 aliphatic heterocycles. The van der Waals surface area contributed by atoms with E-state index in [-0.39, 0.29) is 41.5 Å². The lowest BCUT2D eigenvalue weighted by Crippen LogP contribution is -2.31. The predicted octanol–water partition coefficient (Wildman–Crippen LogP) is 4.93. The van der Waals surface area contributed by atoms with Gasteiger partial charge in [0.1, 0.15) is 17.2 Å². The van der Waals surface area contributed by atoms with Crippen LogP contribution in [0.1, 0.15) is 55.8 Å². The fourth-order valence-corrected chi connectivity index (χ4v) is 3.98. The van der Waals surface area contributed by atoms with E-state index in [1.165, 1.54) is 31.0 Å². The highest BCUT2D eigenvalue weighted by Gasteiger charge is 2.28. The second-order valence-electron chi connectivity index (χ2n) is 8.76. The van der Waals surface area contributed by atoms with E-state index >= 15 is 0 Å². The van der Waals surface area contributed by atoms with E-state index < -0.39 is 5.97 Å². The van der Waals surface area contributed by atoms with E-state index in [4.69, 9.17) is 14.2 Å². The summed E-state index contributed by atoms with van der Waals surface area (Å²) in [7, 11) is 0. The van der Waals surface area contributed by atoms with Gasteiger partial charge in [0.2, 0.25) is 5.91 Å². The minimum absolute atomic E-state index is 0.0602. The van der Waals surface area contributed by atoms with Gasteiger partial charge in [-0.1, -0.05) is 6.07 Å². The van der Waals surface area contributed by atoms with Gasteiger partial charge in [0.05, 0.1) is 30.6 Å². The van der Waals surface area contributed by atoms with Crippen LogP contribution in [0.15, 0.2) is 42.5 Å². The van der Waals surface area contributed by atoms with Crippen molar-refractivity contribution in [1.29, 1.82) is 0 Å². The number of hydrogen-bond donors (Lipinski definition) is 2. The largest absolute Gasteiger partial charge is 0.506 e. The van der Waals surface area contributed by atoms with Crippen LogP contribution in [0.25, 0.3) is 0 Å². The fraction of sp³-hybridized carbons (Fsp3) is 0.462. The van der Waals surface area contributed by atoms with Crippen molar-refractivity contribution in [2.45, 2.75) is 51.6 Å². The summed E-state index contributed by atoms with van der Waals surface area (Å²) in [6.45, 7) is 2.74. The van der Waals surface area contributed by atoms with Crippen LogP contribution in [0.4, 0.5) is 5.69 Å². The van der Waals surface area contributed by atoms with Crippen LogP contribution in [-0.4, -0.2) is 36.3 Å². The van der Waals surface area contributed by atoms with Crippen LogP contribution >= 0.6 is 0 Å². The summed E-state index contributed by atoms with van der Waals surface area (Å²) >= 11 is 0. The average Bonchev–Trinajstić information content (AvgIpc) is 3.64. The van der Waals surface area contributed by atoms with Gasteiger partial charge in [-0.2, -0.15) is 0 Å². The third kappa shape index (κ3) is 6.40. The summed E-state index contributed by atoms with van der Waals surface area (Å²) in [5, 5.41) is 13.0. The number of hydrogen-bond acceptors (Lipinski definition) is 6. The van der Waals surface area contributed by atoms with Crippen molar-refractivity contribution >= 4 is 17.6 Å². The Morgan fingerprint density at radius 1 is 1.00 bits per heavy atom. The topological polar surface area (TPSA) is 94.1 Å². The second kappa shape index (κ2) is 10.6. The Labute approximate surface area is 194 Å². The quantitative estimate of drug-likeness (QED) is 0.413. The maximum atomic E-state index is 12.7. The molecule has 0 heterocycles. The molecule has 2 aliphatic rings. The normalized spacial score (nSPS) is 20.0. The molecule has 0 spiro atoms. The molecule has 1 amide bonds. The SMILES string of the molecule is CCOC(=O)c1ccc(NC(=O)C2CCC(Oc3cccc(OCC4CC4)c3)CC2)c(O)c1. The number of rotatable bonds is 9. The lowest BCUT2D eigenvalue weighted by atomic mass is 9.86. The first-order chi connectivity index (χ1) is 16.0. The minimum atomic E-state index is -0.510. The molecule has 2 saturated carbocycles. The Bertz CT molecular complexity index is 978. The molecule has 0 aromatic heterocycles. The zero-order valence-electron chi connectivity index (χ0n) is 18.9. The van der Waals surface area contributed by atoms with E-state index in [0.717, 1.165) is 30.9 Å². The second-order valence-corrected chi connectivity index (χ2v) is 8.76. The van der Waals surface area contributed by atoms with E-state index in [1.807, 2.05) is 24.3 Å². The Balaban J connectivity index is 1.25. The molecular formula is C26H31NO6. The molecule has 0 atom stereocenters. The highest BCUT2D eigenvalue weighted by Crippen LogP contribution is 2.33. The summed E-state index contributed by atoms with van der Waals surface area (Å²) in [5.41, 5.74) is 0.529. The molecule has 0 bridgehead atoms. The van der Waals surface area contributed by atoms with Crippen LogP contribution in [0, 0.1) is 11.8 Å². The highest BCUT2D eigenvalue weighted by molar-refractivity contribution is 5.96. The lowest BCUT2D eigenvalue weighted by Gasteiger charge is -2.28. The number of phenols is 1.